The summed E-state index contributed by atoms with van der Waals surface area (Å²) in [5.74, 6) is -0.246. The van der Waals surface area contributed by atoms with Gasteiger partial charge in [-0.15, -0.1) is 0 Å². The fourth-order valence-electron chi connectivity index (χ4n) is 1.75. The number of carbonyl (C=O) groups is 2. The summed E-state index contributed by atoms with van der Waals surface area (Å²) >= 11 is 0. The van der Waals surface area contributed by atoms with E-state index in [2.05, 4.69) is 5.32 Å². The first-order valence-corrected chi connectivity index (χ1v) is 6.35. The van der Waals surface area contributed by atoms with Gasteiger partial charge in [-0.2, -0.15) is 0 Å². The first kappa shape index (κ1) is 15.3. The molecule has 0 aliphatic heterocycles. The monoisotopic (exact) mass is 267 g/mol. The lowest BCUT2D eigenvalue weighted by Crippen LogP contribution is -2.28. The molecule has 106 valence electrons. The molecule has 19 heavy (non-hydrogen) atoms. The van der Waals surface area contributed by atoms with Gasteiger partial charge in [-0.05, 0) is 31.2 Å². The first-order valence-electron chi connectivity index (χ1n) is 6.35. The molecule has 0 saturated heterocycles. The van der Waals surface area contributed by atoms with Crippen LogP contribution < -0.4 is 5.32 Å². The molecule has 2 N–H and O–H groups in total. The predicted octanol–water partition coefficient (Wildman–Crippen LogP) is 2.60. The molecular weight excluding hydrogens is 246 g/mol. The van der Waals surface area contributed by atoms with Crippen LogP contribution in [0.5, 0.6) is 0 Å². The summed E-state index contributed by atoms with van der Waals surface area (Å²) in [6.45, 7) is 6.32. The second-order valence-electron chi connectivity index (χ2n) is 5.51. The molecule has 1 aromatic heterocycles. The molecule has 5 nitrogen and oxygen atoms in total. The molecule has 1 aromatic rings. The molecular formula is C14H21NO4. The summed E-state index contributed by atoms with van der Waals surface area (Å²) in [6.07, 6.45) is 2.92. The predicted molar refractivity (Wildman–Crippen MR) is 71.0 cm³/mol. The molecule has 0 radical (unpaired) electrons. The summed E-state index contributed by atoms with van der Waals surface area (Å²) in [7, 11) is 0. The van der Waals surface area contributed by atoms with E-state index in [-0.39, 0.29) is 17.7 Å². The van der Waals surface area contributed by atoms with Crippen molar-refractivity contribution < 1.29 is 19.1 Å². The number of aryl methyl sites for hydroxylation is 1. The molecule has 0 aliphatic rings. The van der Waals surface area contributed by atoms with E-state index < -0.39 is 5.97 Å². The number of nitrogens with one attached hydrogen (secondary N) is 1. The van der Waals surface area contributed by atoms with E-state index in [9.17, 15) is 9.59 Å². The van der Waals surface area contributed by atoms with Crippen molar-refractivity contribution in [3.8, 4) is 0 Å². The number of furan rings is 1. The molecule has 0 saturated carbocycles. The molecule has 1 amide bonds. The smallest absolute Gasteiger partial charge is 0.303 e. The van der Waals surface area contributed by atoms with E-state index in [4.69, 9.17) is 9.52 Å². The Bertz CT molecular complexity index is 448. The number of rotatable bonds is 7. The van der Waals surface area contributed by atoms with E-state index in [1.807, 2.05) is 13.8 Å². The summed E-state index contributed by atoms with van der Waals surface area (Å²) in [4.78, 5) is 22.3. The van der Waals surface area contributed by atoms with Gasteiger partial charge in [0.05, 0.1) is 5.56 Å². The molecule has 1 rings (SSSR count). The Balaban J connectivity index is 2.33. The highest BCUT2D eigenvalue weighted by Gasteiger charge is 2.19. The van der Waals surface area contributed by atoms with Gasteiger partial charge in [0.2, 0.25) is 0 Å². The molecule has 1 heterocycles. The number of hydrogen-bond acceptors (Lipinski definition) is 3. The van der Waals surface area contributed by atoms with Crippen LogP contribution >= 0.6 is 0 Å². The van der Waals surface area contributed by atoms with Crippen LogP contribution in [-0.4, -0.2) is 23.5 Å². The number of carboxylic acids is 1. The number of carboxylic acid groups (broad SMARTS) is 1. The number of aliphatic carboxylic acids is 1. The second-order valence-corrected chi connectivity index (χ2v) is 5.51. The number of hydrogen-bond donors (Lipinski definition) is 2. The van der Waals surface area contributed by atoms with Crippen LogP contribution in [0.4, 0.5) is 0 Å². The van der Waals surface area contributed by atoms with Crippen molar-refractivity contribution in [2.24, 2.45) is 5.41 Å². The zero-order valence-electron chi connectivity index (χ0n) is 11.7. The lowest BCUT2D eigenvalue weighted by Gasteiger charge is -2.23. The zero-order valence-corrected chi connectivity index (χ0v) is 11.7. The maximum Gasteiger partial charge on any atom is 0.303 e. The van der Waals surface area contributed by atoms with Crippen molar-refractivity contribution in [2.45, 2.75) is 40.0 Å². The van der Waals surface area contributed by atoms with E-state index in [0.717, 1.165) is 6.42 Å². The van der Waals surface area contributed by atoms with Gasteiger partial charge in [0.15, 0.2) is 0 Å². The van der Waals surface area contributed by atoms with E-state index in [0.29, 0.717) is 24.3 Å². The summed E-state index contributed by atoms with van der Waals surface area (Å²) in [5, 5.41) is 11.5. The third-order valence-electron chi connectivity index (χ3n) is 3.10. The van der Waals surface area contributed by atoms with Gasteiger partial charge in [-0.1, -0.05) is 13.8 Å². The van der Waals surface area contributed by atoms with Crippen LogP contribution in [0.1, 0.15) is 49.2 Å². The second kappa shape index (κ2) is 6.41. The van der Waals surface area contributed by atoms with Crippen LogP contribution in [0.2, 0.25) is 0 Å². The molecule has 0 aliphatic carbocycles. The molecule has 0 bridgehead atoms. The maximum absolute atomic E-state index is 11.7. The lowest BCUT2D eigenvalue weighted by molar-refractivity contribution is -0.137. The molecule has 0 aromatic carbocycles. The normalized spacial score (nSPS) is 11.3. The third kappa shape index (κ3) is 5.59. The van der Waals surface area contributed by atoms with Crippen molar-refractivity contribution in [1.29, 1.82) is 0 Å². The van der Waals surface area contributed by atoms with Gasteiger partial charge < -0.3 is 14.8 Å². The molecule has 0 spiro atoms. The first-order chi connectivity index (χ1) is 8.80. The van der Waals surface area contributed by atoms with Crippen LogP contribution in [-0.2, 0) is 4.79 Å². The van der Waals surface area contributed by atoms with Gasteiger partial charge in [0.1, 0.15) is 12.0 Å². The van der Waals surface area contributed by atoms with Crippen molar-refractivity contribution >= 4 is 11.9 Å². The summed E-state index contributed by atoms with van der Waals surface area (Å²) in [6, 6.07) is 1.69. The fourth-order valence-corrected chi connectivity index (χ4v) is 1.75. The highest BCUT2D eigenvalue weighted by atomic mass is 16.4. The lowest BCUT2D eigenvalue weighted by atomic mass is 9.84. The average Bonchev–Trinajstić information content (AvgIpc) is 2.73. The third-order valence-corrected chi connectivity index (χ3v) is 3.10. The molecule has 0 unspecified atom stereocenters. The Morgan fingerprint density at radius 3 is 2.58 bits per heavy atom. The highest BCUT2D eigenvalue weighted by molar-refractivity contribution is 5.93. The Kier molecular flexibility index (Phi) is 5.15. The van der Waals surface area contributed by atoms with Crippen molar-refractivity contribution in [3.63, 3.8) is 0 Å². The van der Waals surface area contributed by atoms with Gasteiger partial charge in [0.25, 0.3) is 5.91 Å². The topological polar surface area (TPSA) is 79.5 Å². The van der Waals surface area contributed by atoms with Crippen LogP contribution in [0.25, 0.3) is 0 Å². The largest absolute Gasteiger partial charge is 0.481 e. The van der Waals surface area contributed by atoms with Crippen LogP contribution in [0.15, 0.2) is 16.7 Å². The van der Waals surface area contributed by atoms with Gasteiger partial charge in [-0.25, -0.2) is 0 Å². The minimum Gasteiger partial charge on any atom is -0.481 e. The molecule has 5 heteroatoms. The minimum absolute atomic E-state index is 0.0992. The number of amides is 1. The van der Waals surface area contributed by atoms with Crippen LogP contribution in [0.3, 0.4) is 0 Å². The van der Waals surface area contributed by atoms with Gasteiger partial charge in [0, 0.05) is 13.0 Å². The highest BCUT2D eigenvalue weighted by Crippen LogP contribution is 2.26. The van der Waals surface area contributed by atoms with Gasteiger partial charge >= 0.3 is 5.97 Å². The Labute approximate surface area is 113 Å². The van der Waals surface area contributed by atoms with Crippen LogP contribution in [0, 0.1) is 12.3 Å². The summed E-state index contributed by atoms with van der Waals surface area (Å²) in [5.41, 5.74) is 0.415. The minimum atomic E-state index is -0.786. The van der Waals surface area contributed by atoms with E-state index in [1.54, 1.807) is 13.0 Å². The maximum atomic E-state index is 11.7. The average molecular weight is 267 g/mol. The van der Waals surface area contributed by atoms with E-state index >= 15 is 0 Å². The van der Waals surface area contributed by atoms with Crippen molar-refractivity contribution in [3.05, 3.63) is 23.7 Å². The molecule has 0 atom stereocenters. The Morgan fingerprint density at radius 1 is 1.37 bits per heavy atom. The Morgan fingerprint density at radius 2 is 2.05 bits per heavy atom. The quantitative estimate of drug-likeness (QED) is 0.795. The fraction of sp³-hybridized carbons (Fsp3) is 0.571. The Hall–Kier alpha value is -1.78. The van der Waals surface area contributed by atoms with Crippen molar-refractivity contribution in [2.75, 3.05) is 6.54 Å². The molecule has 0 fully saturated rings. The summed E-state index contributed by atoms with van der Waals surface area (Å²) < 4.78 is 5.07. The van der Waals surface area contributed by atoms with Gasteiger partial charge in [-0.3, -0.25) is 9.59 Å². The standard InChI is InChI=1S/C14H21NO4/c1-10-8-11(9-19-10)13(18)15-7-6-14(2,3)5-4-12(16)17/h8-9H,4-7H2,1-3H3,(H,15,18)(H,16,17). The number of carbonyl (C=O) groups excluding carboxylic acids is 1. The van der Waals surface area contributed by atoms with Crippen molar-refractivity contribution in [1.82, 2.24) is 5.32 Å². The SMILES string of the molecule is Cc1cc(C(=O)NCCC(C)(C)CCC(=O)O)co1. The van der Waals surface area contributed by atoms with E-state index in [1.165, 1.54) is 6.26 Å². The zero-order chi connectivity index (χ0) is 14.5.